The van der Waals surface area contributed by atoms with Crippen LogP contribution in [-0.4, -0.2) is 26.6 Å². The van der Waals surface area contributed by atoms with Crippen molar-refractivity contribution < 1.29 is 9.59 Å². The molecule has 0 aliphatic heterocycles. The van der Waals surface area contributed by atoms with Gasteiger partial charge in [-0.25, -0.2) is 4.68 Å². The van der Waals surface area contributed by atoms with Crippen molar-refractivity contribution in [2.24, 2.45) is 5.73 Å². The van der Waals surface area contributed by atoms with Crippen molar-refractivity contribution in [1.29, 1.82) is 0 Å². The summed E-state index contributed by atoms with van der Waals surface area (Å²) in [6.45, 7) is 0. The maximum Gasteiger partial charge on any atom is 0.269 e. The zero-order valence-electron chi connectivity index (χ0n) is 15.9. The molecule has 4 aromatic rings. The van der Waals surface area contributed by atoms with Crippen LogP contribution in [0, 0.1) is 0 Å². The minimum Gasteiger partial charge on any atom is -0.364 e. The van der Waals surface area contributed by atoms with Gasteiger partial charge in [0.15, 0.2) is 5.69 Å². The number of rotatable bonds is 5. The highest BCUT2D eigenvalue weighted by Crippen LogP contribution is 2.32. The van der Waals surface area contributed by atoms with E-state index >= 15 is 0 Å². The Labute approximate surface area is 187 Å². The first kappa shape index (κ1) is 20.6. The number of halogens is 2. The molecule has 0 fully saturated rings. The summed E-state index contributed by atoms with van der Waals surface area (Å²) in [4.78, 5) is 29.0. The minimum absolute atomic E-state index is 0.00975. The topological polar surface area (TPSA) is 103 Å². The van der Waals surface area contributed by atoms with Crippen molar-refractivity contribution in [3.05, 3.63) is 94.2 Å². The van der Waals surface area contributed by atoms with E-state index in [0.717, 1.165) is 0 Å². The number of nitrogens with one attached hydrogen (secondary N) is 1. The third-order valence-corrected chi connectivity index (χ3v) is 5.07. The minimum atomic E-state index is -0.716. The molecule has 4 rings (SSSR count). The Bertz CT molecular complexity index is 1270. The van der Waals surface area contributed by atoms with E-state index < -0.39 is 11.8 Å². The van der Waals surface area contributed by atoms with Gasteiger partial charge in [0, 0.05) is 17.8 Å². The van der Waals surface area contributed by atoms with Gasteiger partial charge in [-0.15, -0.1) is 0 Å². The van der Waals surface area contributed by atoms with Crippen LogP contribution in [0.1, 0.15) is 20.8 Å². The van der Waals surface area contributed by atoms with Crippen LogP contribution in [0.2, 0.25) is 10.0 Å². The molecule has 2 aromatic heterocycles. The highest BCUT2D eigenvalue weighted by atomic mass is 35.5. The number of nitrogens with two attached hydrogens (primary N) is 1. The third-order valence-electron chi connectivity index (χ3n) is 4.45. The Kier molecular flexibility index (Phi) is 5.70. The molecule has 0 radical (unpaired) electrons. The molecule has 0 aliphatic rings. The van der Waals surface area contributed by atoms with Gasteiger partial charge in [-0.3, -0.25) is 14.6 Å². The van der Waals surface area contributed by atoms with Crippen LogP contribution in [0.4, 0.5) is 5.82 Å². The number of carbonyl (C=O) groups excluding carboxylic acids is 2. The molecule has 0 aliphatic carbocycles. The van der Waals surface area contributed by atoms with Crippen molar-refractivity contribution in [2.75, 3.05) is 5.32 Å². The average Bonchev–Trinajstić information content (AvgIpc) is 3.19. The quantitative estimate of drug-likeness (QED) is 0.462. The molecule has 31 heavy (non-hydrogen) atoms. The number of para-hydroxylation sites is 1. The number of primary amides is 1. The van der Waals surface area contributed by atoms with Crippen molar-refractivity contribution in [2.45, 2.75) is 0 Å². The number of carbonyl (C=O) groups is 2. The molecule has 0 saturated carbocycles. The Morgan fingerprint density at radius 2 is 1.68 bits per heavy atom. The molecule has 3 N–H and O–H groups in total. The maximum atomic E-state index is 13.1. The summed E-state index contributed by atoms with van der Waals surface area (Å²) in [5, 5.41) is 7.47. The number of pyridine rings is 1. The second-order valence-electron chi connectivity index (χ2n) is 6.51. The van der Waals surface area contributed by atoms with Gasteiger partial charge in [-0.05, 0) is 36.4 Å². The second-order valence-corrected chi connectivity index (χ2v) is 7.32. The van der Waals surface area contributed by atoms with Gasteiger partial charge in [0.25, 0.3) is 11.8 Å². The lowest BCUT2D eigenvalue weighted by atomic mass is 10.1. The van der Waals surface area contributed by atoms with Crippen molar-refractivity contribution in [3.63, 3.8) is 0 Å². The first-order chi connectivity index (χ1) is 14.9. The Balaban J connectivity index is 1.73. The highest BCUT2D eigenvalue weighted by molar-refractivity contribution is 6.38. The van der Waals surface area contributed by atoms with E-state index in [1.54, 1.807) is 36.5 Å². The predicted molar refractivity (Wildman–Crippen MR) is 120 cm³/mol. The normalized spacial score (nSPS) is 10.6. The summed E-state index contributed by atoms with van der Waals surface area (Å²) in [7, 11) is 0. The van der Waals surface area contributed by atoms with Crippen LogP contribution in [0.5, 0.6) is 0 Å². The van der Waals surface area contributed by atoms with E-state index in [9.17, 15) is 9.59 Å². The van der Waals surface area contributed by atoms with E-state index in [-0.39, 0.29) is 22.1 Å². The Morgan fingerprint density at radius 1 is 0.935 bits per heavy atom. The number of hydrogen-bond acceptors (Lipinski definition) is 4. The second kappa shape index (κ2) is 8.59. The van der Waals surface area contributed by atoms with Crippen LogP contribution in [0.3, 0.4) is 0 Å². The first-order valence-electron chi connectivity index (χ1n) is 9.11. The fourth-order valence-electron chi connectivity index (χ4n) is 2.98. The van der Waals surface area contributed by atoms with Gasteiger partial charge in [0.1, 0.15) is 5.82 Å². The molecular formula is C22H15Cl2N5O2. The molecular weight excluding hydrogens is 437 g/mol. The van der Waals surface area contributed by atoms with E-state index in [2.05, 4.69) is 15.4 Å². The molecule has 0 atom stereocenters. The van der Waals surface area contributed by atoms with Gasteiger partial charge in [0.05, 0.1) is 27.0 Å². The molecule has 0 spiro atoms. The largest absolute Gasteiger partial charge is 0.364 e. The summed E-state index contributed by atoms with van der Waals surface area (Å²) >= 11 is 12.6. The molecule has 2 heterocycles. The molecule has 0 saturated heterocycles. The SMILES string of the molecule is NC(=O)c1cc(NC(=O)c2cc(-c3ccccn3)c(Cl)cc2Cl)n(-c2ccccc2)n1. The van der Waals surface area contributed by atoms with Crippen molar-refractivity contribution in [1.82, 2.24) is 14.8 Å². The maximum absolute atomic E-state index is 13.1. The molecule has 0 unspecified atom stereocenters. The summed E-state index contributed by atoms with van der Waals surface area (Å²) in [5.41, 5.74) is 7.37. The standard InChI is InChI=1S/C22H15Cl2N5O2/c23-16-11-17(24)15(10-14(16)18-8-4-5-9-26-18)22(31)27-20-12-19(21(25)30)28-29(20)13-6-2-1-3-7-13/h1-12H,(H2,25,30)(H,27,31). The fourth-order valence-corrected chi connectivity index (χ4v) is 3.55. The Morgan fingerprint density at radius 3 is 2.35 bits per heavy atom. The molecule has 7 nitrogen and oxygen atoms in total. The van der Waals surface area contributed by atoms with Crippen LogP contribution >= 0.6 is 23.2 Å². The van der Waals surface area contributed by atoms with Crippen LogP contribution < -0.4 is 11.1 Å². The predicted octanol–water partition coefficient (Wildman–Crippen LogP) is 4.59. The number of aromatic nitrogens is 3. The number of benzene rings is 2. The third kappa shape index (κ3) is 4.28. The average molecular weight is 452 g/mol. The smallest absolute Gasteiger partial charge is 0.269 e. The lowest BCUT2D eigenvalue weighted by molar-refractivity contribution is 0.0992. The van der Waals surface area contributed by atoms with Crippen LogP contribution in [-0.2, 0) is 0 Å². The van der Waals surface area contributed by atoms with Gasteiger partial charge >= 0.3 is 0 Å². The highest BCUT2D eigenvalue weighted by Gasteiger charge is 2.19. The Hall–Kier alpha value is -3.68. The molecule has 0 bridgehead atoms. The summed E-state index contributed by atoms with van der Waals surface area (Å²) in [6, 6.07) is 18.8. The summed E-state index contributed by atoms with van der Waals surface area (Å²) in [5.74, 6) is -0.963. The summed E-state index contributed by atoms with van der Waals surface area (Å²) in [6.07, 6.45) is 1.63. The lowest BCUT2D eigenvalue weighted by Crippen LogP contribution is -2.16. The lowest BCUT2D eigenvalue weighted by Gasteiger charge is -2.12. The van der Waals surface area contributed by atoms with E-state index in [1.807, 2.05) is 24.3 Å². The van der Waals surface area contributed by atoms with Crippen LogP contribution in [0.15, 0.2) is 72.9 Å². The van der Waals surface area contributed by atoms with Gasteiger partial charge < -0.3 is 11.1 Å². The van der Waals surface area contributed by atoms with E-state index in [0.29, 0.717) is 22.0 Å². The molecule has 2 aromatic carbocycles. The fraction of sp³-hybridized carbons (Fsp3) is 0. The molecule has 2 amide bonds. The van der Waals surface area contributed by atoms with Gasteiger partial charge in [-0.2, -0.15) is 5.10 Å². The van der Waals surface area contributed by atoms with Gasteiger partial charge in [0.2, 0.25) is 0 Å². The number of anilines is 1. The monoisotopic (exact) mass is 451 g/mol. The number of amides is 2. The number of nitrogens with zero attached hydrogens (tertiary/aromatic N) is 3. The zero-order valence-corrected chi connectivity index (χ0v) is 17.4. The summed E-state index contributed by atoms with van der Waals surface area (Å²) < 4.78 is 1.42. The molecule has 154 valence electrons. The molecule has 9 heteroatoms. The van der Waals surface area contributed by atoms with Gasteiger partial charge in [-0.1, -0.05) is 47.5 Å². The van der Waals surface area contributed by atoms with Crippen molar-refractivity contribution >= 4 is 40.8 Å². The number of hydrogen-bond donors (Lipinski definition) is 2. The van der Waals surface area contributed by atoms with E-state index in [4.69, 9.17) is 28.9 Å². The zero-order chi connectivity index (χ0) is 22.0. The van der Waals surface area contributed by atoms with Crippen molar-refractivity contribution in [3.8, 4) is 16.9 Å². The first-order valence-corrected chi connectivity index (χ1v) is 9.86. The van der Waals surface area contributed by atoms with E-state index in [1.165, 1.54) is 16.8 Å². The van der Waals surface area contributed by atoms with Crippen LogP contribution in [0.25, 0.3) is 16.9 Å².